The van der Waals surface area contributed by atoms with Crippen LogP contribution in [0, 0.1) is 11.3 Å². The van der Waals surface area contributed by atoms with Crippen LogP contribution in [0.25, 0.3) is 0 Å². The van der Waals surface area contributed by atoms with Crippen LogP contribution in [0.5, 0.6) is 0 Å². The second-order valence-corrected chi connectivity index (χ2v) is 2.78. The molecule has 0 atom stereocenters. The van der Waals surface area contributed by atoms with Crippen LogP contribution in [-0.4, -0.2) is 0 Å². The van der Waals surface area contributed by atoms with Crippen LogP contribution in [0.4, 0.5) is 5.69 Å². The third kappa shape index (κ3) is 1.76. The van der Waals surface area contributed by atoms with Crippen molar-refractivity contribution in [3.63, 3.8) is 0 Å². The first kappa shape index (κ1) is 8.61. The van der Waals surface area contributed by atoms with Gasteiger partial charge in [0.15, 0.2) is 0 Å². The highest BCUT2D eigenvalue weighted by atomic mass is 14.5. The predicted octanol–water partition coefficient (Wildman–Crippen LogP) is 2.09. The summed E-state index contributed by atoms with van der Waals surface area (Å²) in [5.74, 6) is 0. The van der Waals surface area contributed by atoms with E-state index in [9.17, 15) is 0 Å². The molecule has 0 radical (unpaired) electrons. The fraction of sp³-hybridized carbons (Fsp3) is 0.300. The van der Waals surface area contributed by atoms with Gasteiger partial charge < -0.3 is 5.73 Å². The molecule has 0 bridgehead atoms. The summed E-state index contributed by atoms with van der Waals surface area (Å²) >= 11 is 0. The highest BCUT2D eigenvalue weighted by Crippen LogP contribution is 2.14. The Hall–Kier alpha value is -1.49. The summed E-state index contributed by atoms with van der Waals surface area (Å²) in [5, 5.41) is 8.75. The van der Waals surface area contributed by atoms with Crippen LogP contribution in [0.1, 0.15) is 24.5 Å². The average Bonchev–Trinajstić information content (AvgIpc) is 2.05. The van der Waals surface area contributed by atoms with Crippen molar-refractivity contribution in [2.75, 3.05) is 5.73 Å². The van der Waals surface area contributed by atoms with Gasteiger partial charge in [-0.15, -0.1) is 0 Å². The predicted molar refractivity (Wildman–Crippen MR) is 49.6 cm³/mol. The van der Waals surface area contributed by atoms with E-state index in [0.717, 1.165) is 29.7 Å². The van der Waals surface area contributed by atoms with Gasteiger partial charge >= 0.3 is 0 Å². The summed E-state index contributed by atoms with van der Waals surface area (Å²) in [6.07, 6.45) is 1.96. The van der Waals surface area contributed by atoms with E-state index in [-0.39, 0.29) is 0 Å². The normalized spacial score (nSPS) is 9.33. The summed E-state index contributed by atoms with van der Waals surface area (Å²) in [7, 11) is 0. The number of anilines is 1. The third-order valence-electron chi connectivity index (χ3n) is 1.77. The molecule has 0 amide bonds. The number of nitriles is 1. The Morgan fingerprint density at radius 1 is 1.50 bits per heavy atom. The Morgan fingerprint density at radius 2 is 2.25 bits per heavy atom. The van der Waals surface area contributed by atoms with Crippen molar-refractivity contribution in [1.29, 1.82) is 5.26 Å². The second kappa shape index (κ2) is 3.77. The van der Waals surface area contributed by atoms with E-state index in [1.807, 2.05) is 6.07 Å². The molecule has 2 N–H and O–H groups in total. The quantitative estimate of drug-likeness (QED) is 0.673. The van der Waals surface area contributed by atoms with Gasteiger partial charge in [-0.1, -0.05) is 13.3 Å². The van der Waals surface area contributed by atoms with Crippen LogP contribution in [-0.2, 0) is 6.42 Å². The van der Waals surface area contributed by atoms with E-state index in [1.54, 1.807) is 12.1 Å². The first-order valence-corrected chi connectivity index (χ1v) is 4.06. The van der Waals surface area contributed by atoms with E-state index >= 15 is 0 Å². The zero-order valence-corrected chi connectivity index (χ0v) is 7.17. The fourth-order valence-electron chi connectivity index (χ4n) is 1.20. The molecule has 0 aromatic heterocycles. The fourth-order valence-corrected chi connectivity index (χ4v) is 1.20. The lowest BCUT2D eigenvalue weighted by molar-refractivity contribution is 0.919. The topological polar surface area (TPSA) is 49.8 Å². The number of aryl methyl sites for hydroxylation is 1. The van der Waals surface area contributed by atoms with Gasteiger partial charge in [-0.25, -0.2) is 0 Å². The smallest absolute Gasteiger partial charge is 0.0994 e. The standard InChI is InChI=1S/C10H12N2/c1-2-3-8-6-10(12)5-4-9(8)7-11/h4-6H,2-3,12H2,1H3. The molecule has 0 aliphatic heterocycles. The summed E-state index contributed by atoms with van der Waals surface area (Å²) in [4.78, 5) is 0. The first-order chi connectivity index (χ1) is 5.77. The summed E-state index contributed by atoms with van der Waals surface area (Å²) < 4.78 is 0. The number of hydrogen-bond donors (Lipinski definition) is 1. The largest absolute Gasteiger partial charge is 0.399 e. The molecule has 2 nitrogen and oxygen atoms in total. The Balaban J connectivity index is 3.06. The minimum absolute atomic E-state index is 0.734. The maximum atomic E-state index is 8.75. The number of nitrogen functional groups attached to an aromatic ring is 1. The van der Waals surface area contributed by atoms with Gasteiger partial charge in [0, 0.05) is 5.69 Å². The molecule has 0 saturated carbocycles. The first-order valence-electron chi connectivity index (χ1n) is 4.06. The van der Waals surface area contributed by atoms with E-state index in [0.29, 0.717) is 0 Å². The molecule has 62 valence electrons. The summed E-state index contributed by atoms with van der Waals surface area (Å²) in [6, 6.07) is 7.57. The van der Waals surface area contributed by atoms with E-state index < -0.39 is 0 Å². The molecule has 0 saturated heterocycles. The minimum Gasteiger partial charge on any atom is -0.399 e. The lowest BCUT2D eigenvalue weighted by atomic mass is 10.0. The van der Waals surface area contributed by atoms with E-state index in [4.69, 9.17) is 11.0 Å². The van der Waals surface area contributed by atoms with Gasteiger partial charge in [-0.05, 0) is 30.2 Å². The van der Waals surface area contributed by atoms with Crippen molar-refractivity contribution in [3.05, 3.63) is 29.3 Å². The van der Waals surface area contributed by atoms with Gasteiger partial charge in [0.05, 0.1) is 11.6 Å². The van der Waals surface area contributed by atoms with Crippen LogP contribution >= 0.6 is 0 Å². The molecule has 0 aliphatic rings. The number of nitrogens with two attached hydrogens (primary N) is 1. The molecule has 12 heavy (non-hydrogen) atoms. The van der Waals surface area contributed by atoms with Crippen LogP contribution < -0.4 is 5.73 Å². The zero-order valence-electron chi connectivity index (χ0n) is 7.17. The average molecular weight is 160 g/mol. The Kier molecular flexibility index (Phi) is 2.71. The Morgan fingerprint density at radius 3 is 2.83 bits per heavy atom. The van der Waals surface area contributed by atoms with Gasteiger partial charge in [0.25, 0.3) is 0 Å². The van der Waals surface area contributed by atoms with Crippen LogP contribution in [0.15, 0.2) is 18.2 Å². The van der Waals surface area contributed by atoms with E-state index in [2.05, 4.69) is 13.0 Å². The van der Waals surface area contributed by atoms with Crippen molar-refractivity contribution in [1.82, 2.24) is 0 Å². The van der Waals surface area contributed by atoms with Crippen LogP contribution in [0.2, 0.25) is 0 Å². The van der Waals surface area contributed by atoms with E-state index in [1.165, 1.54) is 0 Å². The van der Waals surface area contributed by atoms with Crippen LogP contribution in [0.3, 0.4) is 0 Å². The highest BCUT2D eigenvalue weighted by molar-refractivity contribution is 5.49. The number of benzene rings is 1. The van der Waals surface area contributed by atoms with Crippen molar-refractivity contribution in [2.24, 2.45) is 0 Å². The van der Waals surface area contributed by atoms with Gasteiger partial charge in [0.2, 0.25) is 0 Å². The van der Waals surface area contributed by atoms with Crippen molar-refractivity contribution < 1.29 is 0 Å². The zero-order chi connectivity index (χ0) is 8.97. The molecule has 2 heteroatoms. The molecular formula is C10H12N2. The minimum atomic E-state index is 0.734. The molecule has 0 heterocycles. The van der Waals surface area contributed by atoms with Gasteiger partial charge in [0.1, 0.15) is 0 Å². The molecule has 0 fully saturated rings. The summed E-state index contributed by atoms with van der Waals surface area (Å²) in [5.41, 5.74) is 8.13. The summed E-state index contributed by atoms with van der Waals surface area (Å²) in [6.45, 7) is 2.09. The highest BCUT2D eigenvalue weighted by Gasteiger charge is 2.00. The molecule has 1 rings (SSSR count). The SMILES string of the molecule is CCCc1cc(N)ccc1C#N. The molecule has 0 spiro atoms. The lowest BCUT2D eigenvalue weighted by Crippen LogP contribution is -1.92. The lowest BCUT2D eigenvalue weighted by Gasteiger charge is -2.02. The Bertz CT molecular complexity index is 310. The molecule has 1 aromatic carbocycles. The maximum absolute atomic E-state index is 8.75. The maximum Gasteiger partial charge on any atom is 0.0994 e. The van der Waals surface area contributed by atoms with Crippen molar-refractivity contribution in [2.45, 2.75) is 19.8 Å². The molecular weight excluding hydrogens is 148 g/mol. The monoisotopic (exact) mass is 160 g/mol. The molecule has 1 aromatic rings. The number of hydrogen-bond acceptors (Lipinski definition) is 2. The molecule has 0 unspecified atom stereocenters. The molecule has 0 aliphatic carbocycles. The Labute approximate surface area is 72.6 Å². The number of nitrogens with zero attached hydrogens (tertiary/aromatic N) is 1. The van der Waals surface area contributed by atoms with Crippen molar-refractivity contribution >= 4 is 5.69 Å². The van der Waals surface area contributed by atoms with Gasteiger partial charge in [-0.2, -0.15) is 5.26 Å². The van der Waals surface area contributed by atoms with Crippen molar-refractivity contribution in [3.8, 4) is 6.07 Å². The van der Waals surface area contributed by atoms with Gasteiger partial charge in [-0.3, -0.25) is 0 Å². The second-order valence-electron chi connectivity index (χ2n) is 2.78. The number of rotatable bonds is 2. The third-order valence-corrected chi connectivity index (χ3v) is 1.77.